The number of hydrogen-bond donors (Lipinski definition) is 1. The Morgan fingerprint density at radius 1 is 1.31 bits per heavy atom. The first-order chi connectivity index (χ1) is 15.2. The van der Waals surface area contributed by atoms with E-state index in [2.05, 4.69) is 9.46 Å². The molecule has 172 valence electrons. The average Bonchev–Trinajstić information content (AvgIpc) is 3.27. The molecule has 2 amide bonds. The number of hydrogen-bond acceptors (Lipinski definition) is 5. The third-order valence-corrected chi connectivity index (χ3v) is 7.80. The van der Waals surface area contributed by atoms with Crippen LogP contribution in [0.15, 0.2) is 42.5 Å². The van der Waals surface area contributed by atoms with Crippen LogP contribution in [0.25, 0.3) is 0 Å². The average molecular weight is 467 g/mol. The lowest BCUT2D eigenvalue weighted by atomic mass is 9.81. The van der Waals surface area contributed by atoms with Gasteiger partial charge in [0.25, 0.3) is 5.91 Å². The zero-order valence-corrected chi connectivity index (χ0v) is 18.7. The minimum atomic E-state index is -2.97. The number of fused-ring (bicyclic) bond motifs is 1. The SMILES string of the molecule is CC[C@@]1(C)C(=O)N(c2cccc(OC(F)F)c2)c2ccc(C(=O)NS3(C)CCOO3)cc21. The zero-order chi connectivity index (χ0) is 23.1. The molecular formula is C22H24F2N2O5S. The standard InChI is InChI=1S/C22H24F2N2O5S/c1-4-22(2)17-12-14(19(27)25-32(3)11-10-29-31-32)8-9-18(17)26(20(22)28)15-6-5-7-16(13-15)30-21(23)24/h5-9,12-13,21H,4,10-11H2,1-3H3,(H,25,27)/t22-/m1/s1. The van der Waals surface area contributed by atoms with Crippen molar-refractivity contribution in [2.24, 2.45) is 0 Å². The molecule has 0 bridgehead atoms. The van der Waals surface area contributed by atoms with Gasteiger partial charge in [-0.1, -0.05) is 13.0 Å². The van der Waals surface area contributed by atoms with Crippen molar-refractivity contribution in [1.29, 1.82) is 0 Å². The van der Waals surface area contributed by atoms with Crippen molar-refractivity contribution in [2.75, 3.05) is 23.5 Å². The first-order valence-electron chi connectivity index (χ1n) is 10.1. The molecule has 7 nitrogen and oxygen atoms in total. The van der Waals surface area contributed by atoms with Gasteiger partial charge in [-0.25, -0.2) is 4.89 Å². The maximum atomic E-state index is 13.5. The quantitative estimate of drug-likeness (QED) is 0.630. The molecule has 2 aliphatic heterocycles. The first-order valence-corrected chi connectivity index (χ1v) is 12.2. The van der Waals surface area contributed by atoms with Crippen LogP contribution in [0.2, 0.25) is 0 Å². The van der Waals surface area contributed by atoms with Crippen molar-refractivity contribution in [3.8, 4) is 5.75 Å². The predicted molar refractivity (Wildman–Crippen MR) is 117 cm³/mol. The summed E-state index contributed by atoms with van der Waals surface area (Å²) in [6, 6.07) is 11.1. The van der Waals surface area contributed by atoms with Crippen LogP contribution in [0.5, 0.6) is 5.75 Å². The van der Waals surface area contributed by atoms with E-state index < -0.39 is 22.5 Å². The highest BCUT2D eigenvalue weighted by Gasteiger charge is 2.47. The van der Waals surface area contributed by atoms with Crippen LogP contribution in [0.1, 0.15) is 36.2 Å². The largest absolute Gasteiger partial charge is 0.435 e. The smallest absolute Gasteiger partial charge is 0.387 e. The maximum Gasteiger partial charge on any atom is 0.387 e. The van der Waals surface area contributed by atoms with Gasteiger partial charge in [-0.05, 0) is 59.7 Å². The molecule has 2 heterocycles. The number of anilines is 2. The van der Waals surface area contributed by atoms with E-state index in [-0.39, 0.29) is 17.6 Å². The minimum absolute atomic E-state index is 0.0389. The molecule has 10 heteroatoms. The number of halogens is 2. The van der Waals surface area contributed by atoms with Crippen molar-refractivity contribution in [3.63, 3.8) is 0 Å². The van der Waals surface area contributed by atoms with E-state index in [1.807, 2.05) is 13.8 Å². The molecule has 2 aromatic rings. The Hall–Kier alpha value is -2.69. The van der Waals surface area contributed by atoms with Crippen LogP contribution < -0.4 is 14.4 Å². The number of nitrogens with zero attached hydrogens (tertiary/aromatic N) is 1. The summed E-state index contributed by atoms with van der Waals surface area (Å²) in [4.78, 5) is 32.8. The Morgan fingerprint density at radius 2 is 2.09 bits per heavy atom. The monoisotopic (exact) mass is 466 g/mol. The summed E-state index contributed by atoms with van der Waals surface area (Å²) in [6.45, 7) is 1.16. The fraction of sp³-hybridized carbons (Fsp3) is 0.364. The molecule has 1 saturated heterocycles. The Balaban J connectivity index is 1.71. The molecule has 0 aliphatic carbocycles. The molecule has 0 spiro atoms. The Labute approximate surface area is 186 Å². The molecule has 0 radical (unpaired) electrons. The normalized spacial score (nSPS) is 26.7. The molecule has 1 fully saturated rings. The van der Waals surface area contributed by atoms with Gasteiger partial charge >= 0.3 is 6.61 Å². The van der Waals surface area contributed by atoms with E-state index >= 15 is 0 Å². The Kier molecular flexibility index (Phi) is 5.87. The predicted octanol–water partition coefficient (Wildman–Crippen LogP) is 4.59. The van der Waals surface area contributed by atoms with Gasteiger partial charge in [0.05, 0.1) is 23.4 Å². The third kappa shape index (κ3) is 3.94. The summed E-state index contributed by atoms with van der Waals surface area (Å²) in [5.41, 5.74) is 1.23. The lowest BCUT2D eigenvalue weighted by molar-refractivity contribution is -0.173. The lowest BCUT2D eigenvalue weighted by Gasteiger charge is -2.27. The van der Waals surface area contributed by atoms with Crippen LogP contribution in [-0.4, -0.2) is 37.0 Å². The van der Waals surface area contributed by atoms with E-state index in [9.17, 15) is 18.4 Å². The Morgan fingerprint density at radius 3 is 2.75 bits per heavy atom. The van der Waals surface area contributed by atoms with Gasteiger partial charge in [0.2, 0.25) is 5.91 Å². The summed E-state index contributed by atoms with van der Waals surface area (Å²) in [7, 11) is -1.85. The summed E-state index contributed by atoms with van der Waals surface area (Å²) in [5, 5.41) is 0. The molecule has 32 heavy (non-hydrogen) atoms. The molecule has 2 aromatic carbocycles. The number of carbonyl (C=O) groups excluding carboxylic acids is 2. The van der Waals surface area contributed by atoms with Gasteiger partial charge in [0.1, 0.15) is 5.75 Å². The molecule has 4 rings (SSSR count). The van der Waals surface area contributed by atoms with Crippen LogP contribution in [0.4, 0.5) is 20.2 Å². The van der Waals surface area contributed by atoms with Crippen LogP contribution >= 0.6 is 10.5 Å². The van der Waals surface area contributed by atoms with Gasteiger partial charge < -0.3 is 4.74 Å². The van der Waals surface area contributed by atoms with E-state index in [1.165, 1.54) is 17.0 Å². The highest BCUT2D eigenvalue weighted by atomic mass is 32.3. The molecular weight excluding hydrogens is 442 g/mol. The van der Waals surface area contributed by atoms with Crippen molar-refractivity contribution < 1.29 is 32.3 Å². The van der Waals surface area contributed by atoms with Gasteiger partial charge in [-0.2, -0.15) is 13.1 Å². The fourth-order valence-electron chi connectivity index (χ4n) is 3.87. The third-order valence-electron chi connectivity index (χ3n) is 5.84. The summed E-state index contributed by atoms with van der Waals surface area (Å²) >= 11 is 0. The minimum Gasteiger partial charge on any atom is -0.435 e. The maximum absolute atomic E-state index is 13.5. The van der Waals surface area contributed by atoms with Gasteiger partial charge in [0.15, 0.2) is 0 Å². The first kappa shape index (κ1) is 22.5. The highest BCUT2D eigenvalue weighted by molar-refractivity contribution is 8.28. The van der Waals surface area contributed by atoms with Crippen LogP contribution in [0, 0.1) is 0 Å². The van der Waals surface area contributed by atoms with Gasteiger partial charge in [0, 0.05) is 23.6 Å². The number of carbonyl (C=O) groups is 2. The number of rotatable bonds is 6. The van der Waals surface area contributed by atoms with Crippen molar-refractivity contribution in [2.45, 2.75) is 32.3 Å². The number of alkyl halides is 2. The lowest BCUT2D eigenvalue weighted by Crippen LogP contribution is -2.35. The molecule has 0 aromatic heterocycles. The second kappa shape index (κ2) is 8.34. The highest BCUT2D eigenvalue weighted by Crippen LogP contribution is 2.49. The number of benzene rings is 2. The van der Waals surface area contributed by atoms with Crippen LogP contribution in [0.3, 0.4) is 0 Å². The molecule has 0 saturated carbocycles. The van der Waals surface area contributed by atoms with Gasteiger partial charge in [-0.15, -0.1) is 0 Å². The molecule has 1 unspecified atom stereocenters. The molecule has 2 aliphatic rings. The fourth-order valence-corrected chi connectivity index (χ4v) is 5.25. The second-order valence-corrected chi connectivity index (χ2v) is 10.7. The topological polar surface area (TPSA) is 77.1 Å². The van der Waals surface area contributed by atoms with Crippen molar-refractivity contribution >= 4 is 33.7 Å². The van der Waals surface area contributed by atoms with E-state index in [0.717, 1.165) is 0 Å². The summed E-state index contributed by atoms with van der Waals surface area (Å²) in [6.07, 6.45) is 2.30. The second-order valence-electron chi connectivity index (χ2n) is 7.96. The number of amides is 2. The van der Waals surface area contributed by atoms with E-state index in [0.29, 0.717) is 41.3 Å². The van der Waals surface area contributed by atoms with Crippen molar-refractivity contribution in [3.05, 3.63) is 53.6 Å². The number of nitrogens with one attached hydrogen (secondary N) is 1. The van der Waals surface area contributed by atoms with Crippen molar-refractivity contribution in [1.82, 2.24) is 4.72 Å². The van der Waals surface area contributed by atoms with E-state index in [4.69, 9.17) is 9.22 Å². The molecule has 2 atom stereocenters. The zero-order valence-electron chi connectivity index (χ0n) is 17.9. The summed E-state index contributed by atoms with van der Waals surface area (Å²) < 4.78 is 38.0. The Bertz CT molecular complexity index is 1060. The van der Waals surface area contributed by atoms with Crippen LogP contribution in [-0.2, 0) is 19.4 Å². The molecule has 1 N–H and O–H groups in total. The number of ether oxygens (including phenoxy) is 1. The van der Waals surface area contributed by atoms with Gasteiger partial charge in [-0.3, -0.25) is 19.2 Å². The summed E-state index contributed by atoms with van der Waals surface area (Å²) in [5.74, 6) is 0.0434. The van der Waals surface area contributed by atoms with E-state index in [1.54, 1.807) is 36.6 Å².